The van der Waals surface area contributed by atoms with Crippen molar-refractivity contribution in [1.29, 1.82) is 0 Å². The first-order valence-corrected chi connectivity index (χ1v) is 9.23. The second kappa shape index (κ2) is 9.57. The van der Waals surface area contributed by atoms with Gasteiger partial charge >= 0.3 is 5.97 Å². The maximum Gasteiger partial charge on any atom is 0.308 e. The summed E-state index contributed by atoms with van der Waals surface area (Å²) in [6.07, 6.45) is 0.725. The molecule has 0 saturated carbocycles. The number of nitrogens with one attached hydrogen (secondary N) is 1. The molecule has 2 rings (SSSR count). The standard InChI is InChI=1S/C20H29NO5/c1-13(2)16-5-4-6-17(11-16)26-14(3)19(22)21-12-18(20(23)24)15-7-9-25-10-8-15/h4-6,11,13-15,18H,7-10,12H2,1-3H3,(H,21,22)(H,23,24). The Morgan fingerprint density at radius 1 is 1.27 bits per heavy atom. The van der Waals surface area contributed by atoms with Crippen LogP contribution in [0.4, 0.5) is 0 Å². The van der Waals surface area contributed by atoms with Crippen LogP contribution in [-0.4, -0.2) is 42.8 Å². The van der Waals surface area contributed by atoms with Crippen molar-refractivity contribution < 1.29 is 24.2 Å². The highest BCUT2D eigenvalue weighted by atomic mass is 16.5. The molecule has 2 N–H and O–H groups in total. The lowest BCUT2D eigenvalue weighted by Gasteiger charge is -2.28. The molecule has 0 spiro atoms. The molecule has 26 heavy (non-hydrogen) atoms. The van der Waals surface area contributed by atoms with E-state index in [9.17, 15) is 14.7 Å². The molecule has 144 valence electrons. The normalized spacial score (nSPS) is 17.5. The van der Waals surface area contributed by atoms with Crippen LogP contribution in [0, 0.1) is 11.8 Å². The molecule has 0 aromatic heterocycles. The average molecular weight is 363 g/mol. The van der Waals surface area contributed by atoms with Crippen molar-refractivity contribution in [2.24, 2.45) is 11.8 Å². The van der Waals surface area contributed by atoms with E-state index in [2.05, 4.69) is 19.2 Å². The number of ether oxygens (including phenoxy) is 2. The monoisotopic (exact) mass is 363 g/mol. The minimum Gasteiger partial charge on any atom is -0.481 e. The molecule has 0 radical (unpaired) electrons. The summed E-state index contributed by atoms with van der Waals surface area (Å²) in [5.74, 6) is -0.745. The van der Waals surface area contributed by atoms with E-state index in [1.807, 2.05) is 24.3 Å². The van der Waals surface area contributed by atoms with E-state index in [0.717, 1.165) is 5.56 Å². The Balaban J connectivity index is 1.89. The molecule has 6 heteroatoms. The van der Waals surface area contributed by atoms with Crippen molar-refractivity contribution >= 4 is 11.9 Å². The first-order valence-electron chi connectivity index (χ1n) is 9.23. The number of hydrogen-bond donors (Lipinski definition) is 2. The molecule has 1 aliphatic heterocycles. The van der Waals surface area contributed by atoms with Crippen LogP contribution in [0.5, 0.6) is 5.75 Å². The van der Waals surface area contributed by atoms with Crippen LogP contribution >= 0.6 is 0 Å². The number of carboxylic acids is 1. The highest BCUT2D eigenvalue weighted by molar-refractivity contribution is 5.81. The van der Waals surface area contributed by atoms with Gasteiger partial charge in [-0.15, -0.1) is 0 Å². The number of carbonyl (C=O) groups excluding carboxylic acids is 1. The van der Waals surface area contributed by atoms with Gasteiger partial charge in [0, 0.05) is 19.8 Å². The Kier molecular flexibility index (Phi) is 7.45. The van der Waals surface area contributed by atoms with Crippen LogP contribution in [-0.2, 0) is 14.3 Å². The summed E-state index contributed by atoms with van der Waals surface area (Å²) < 4.78 is 11.0. The van der Waals surface area contributed by atoms with Gasteiger partial charge in [-0.2, -0.15) is 0 Å². The van der Waals surface area contributed by atoms with E-state index >= 15 is 0 Å². The van der Waals surface area contributed by atoms with Gasteiger partial charge in [0.1, 0.15) is 5.75 Å². The molecular formula is C20H29NO5. The maximum atomic E-state index is 12.3. The quantitative estimate of drug-likeness (QED) is 0.742. The second-order valence-electron chi connectivity index (χ2n) is 7.13. The fraction of sp³-hybridized carbons (Fsp3) is 0.600. The molecule has 2 atom stereocenters. The van der Waals surface area contributed by atoms with E-state index in [-0.39, 0.29) is 18.4 Å². The summed E-state index contributed by atoms with van der Waals surface area (Å²) in [6.45, 7) is 7.12. The number of benzene rings is 1. The van der Waals surface area contributed by atoms with Gasteiger partial charge in [0.2, 0.25) is 0 Å². The Bertz CT molecular complexity index is 610. The van der Waals surface area contributed by atoms with Gasteiger partial charge < -0.3 is 19.9 Å². The van der Waals surface area contributed by atoms with Crippen LogP contribution < -0.4 is 10.1 Å². The van der Waals surface area contributed by atoms with E-state index < -0.39 is 18.0 Å². The lowest BCUT2D eigenvalue weighted by Crippen LogP contribution is -2.43. The van der Waals surface area contributed by atoms with E-state index in [1.165, 1.54) is 0 Å². The fourth-order valence-electron chi connectivity index (χ4n) is 3.13. The summed E-state index contributed by atoms with van der Waals surface area (Å²) in [5.41, 5.74) is 1.14. The highest BCUT2D eigenvalue weighted by Crippen LogP contribution is 2.24. The molecule has 1 saturated heterocycles. The fourth-order valence-corrected chi connectivity index (χ4v) is 3.13. The van der Waals surface area contributed by atoms with Gasteiger partial charge in [0.05, 0.1) is 5.92 Å². The van der Waals surface area contributed by atoms with E-state index in [0.29, 0.717) is 37.7 Å². The lowest BCUT2D eigenvalue weighted by molar-refractivity contribution is -0.145. The molecule has 1 amide bonds. The zero-order valence-electron chi connectivity index (χ0n) is 15.7. The minimum atomic E-state index is -0.879. The van der Waals surface area contributed by atoms with E-state index in [4.69, 9.17) is 9.47 Å². The Hall–Kier alpha value is -2.08. The molecule has 0 aliphatic carbocycles. The Labute approximate surface area is 154 Å². The van der Waals surface area contributed by atoms with Crippen LogP contribution in [0.3, 0.4) is 0 Å². The molecule has 1 heterocycles. The smallest absolute Gasteiger partial charge is 0.308 e. The predicted octanol–water partition coefficient (Wildman–Crippen LogP) is 2.82. The van der Waals surface area contributed by atoms with Crippen LogP contribution in [0.25, 0.3) is 0 Å². The minimum absolute atomic E-state index is 0.0282. The summed E-state index contributed by atoms with van der Waals surface area (Å²) >= 11 is 0. The highest BCUT2D eigenvalue weighted by Gasteiger charge is 2.30. The number of rotatable bonds is 8. The van der Waals surface area contributed by atoms with Crippen molar-refractivity contribution in [3.63, 3.8) is 0 Å². The van der Waals surface area contributed by atoms with Gasteiger partial charge in [0.15, 0.2) is 6.10 Å². The third kappa shape index (κ3) is 5.73. The number of hydrogen-bond acceptors (Lipinski definition) is 4. The lowest BCUT2D eigenvalue weighted by atomic mass is 9.86. The van der Waals surface area contributed by atoms with Crippen LogP contribution in [0.15, 0.2) is 24.3 Å². The first-order chi connectivity index (χ1) is 12.4. The summed E-state index contributed by atoms with van der Waals surface area (Å²) in [5, 5.41) is 12.2. The van der Waals surface area contributed by atoms with Gasteiger partial charge in [-0.1, -0.05) is 26.0 Å². The van der Waals surface area contributed by atoms with Crippen molar-refractivity contribution in [3.8, 4) is 5.75 Å². The van der Waals surface area contributed by atoms with E-state index in [1.54, 1.807) is 6.92 Å². The number of aliphatic carboxylic acids is 1. The van der Waals surface area contributed by atoms with Gasteiger partial charge in [0.25, 0.3) is 5.91 Å². The van der Waals surface area contributed by atoms with Crippen molar-refractivity contribution in [2.75, 3.05) is 19.8 Å². The summed E-state index contributed by atoms with van der Waals surface area (Å²) in [7, 11) is 0. The van der Waals surface area contributed by atoms with Crippen molar-refractivity contribution in [2.45, 2.75) is 45.6 Å². The molecular weight excluding hydrogens is 334 g/mol. The second-order valence-corrected chi connectivity index (χ2v) is 7.13. The largest absolute Gasteiger partial charge is 0.481 e. The molecule has 2 unspecified atom stereocenters. The number of carboxylic acid groups (broad SMARTS) is 1. The zero-order valence-corrected chi connectivity index (χ0v) is 15.7. The predicted molar refractivity (Wildman–Crippen MR) is 98.3 cm³/mol. The average Bonchev–Trinajstić information content (AvgIpc) is 2.62. The zero-order chi connectivity index (χ0) is 19.1. The molecule has 1 aromatic carbocycles. The molecule has 1 aliphatic rings. The number of amides is 1. The van der Waals surface area contributed by atoms with Gasteiger partial charge in [-0.25, -0.2) is 0 Å². The summed E-state index contributed by atoms with van der Waals surface area (Å²) in [6, 6.07) is 7.67. The van der Waals surface area contributed by atoms with Crippen LogP contribution in [0.1, 0.15) is 45.1 Å². The third-order valence-electron chi connectivity index (χ3n) is 4.86. The molecule has 0 bridgehead atoms. The Morgan fingerprint density at radius 2 is 1.96 bits per heavy atom. The summed E-state index contributed by atoms with van der Waals surface area (Å²) in [4.78, 5) is 23.9. The van der Waals surface area contributed by atoms with Crippen molar-refractivity contribution in [1.82, 2.24) is 5.32 Å². The molecule has 1 fully saturated rings. The SMILES string of the molecule is CC(Oc1cccc(C(C)C)c1)C(=O)NCC(C(=O)O)C1CCOCC1. The maximum absolute atomic E-state index is 12.3. The van der Waals surface area contributed by atoms with Gasteiger partial charge in [-0.05, 0) is 49.3 Å². The third-order valence-corrected chi connectivity index (χ3v) is 4.86. The van der Waals surface area contributed by atoms with Crippen LogP contribution in [0.2, 0.25) is 0 Å². The number of carbonyl (C=O) groups is 2. The van der Waals surface area contributed by atoms with Crippen molar-refractivity contribution in [3.05, 3.63) is 29.8 Å². The van der Waals surface area contributed by atoms with Gasteiger partial charge in [-0.3, -0.25) is 9.59 Å². The molecule has 6 nitrogen and oxygen atoms in total. The first kappa shape index (κ1) is 20.2. The topological polar surface area (TPSA) is 84.9 Å². The molecule has 1 aromatic rings. The Morgan fingerprint density at radius 3 is 2.58 bits per heavy atom.